The Morgan fingerprint density at radius 3 is 2.29 bits per heavy atom. The first kappa shape index (κ1) is 29.3. The molecular weight excluding hydrogens is 522 g/mol. The van der Waals surface area contributed by atoms with Gasteiger partial charge in [0.2, 0.25) is 10.0 Å². The van der Waals surface area contributed by atoms with Gasteiger partial charge in [-0.15, -0.1) is 11.8 Å². The molecule has 3 aromatic rings. The Bertz CT molecular complexity index is 1340. The number of pyridine rings is 1. The molecule has 0 amide bonds. The molecule has 0 atom stereocenters. The summed E-state index contributed by atoms with van der Waals surface area (Å²) in [5.41, 5.74) is 2.46. The van der Waals surface area contributed by atoms with Crippen LogP contribution in [0.3, 0.4) is 0 Å². The molecule has 0 N–H and O–H groups in total. The summed E-state index contributed by atoms with van der Waals surface area (Å²) < 4.78 is 32.8. The molecule has 0 saturated carbocycles. The van der Waals surface area contributed by atoms with Gasteiger partial charge in [-0.2, -0.15) is 4.31 Å². The fourth-order valence-corrected chi connectivity index (χ4v) is 6.14. The van der Waals surface area contributed by atoms with Crippen LogP contribution in [0.4, 0.5) is 0 Å². The van der Waals surface area contributed by atoms with E-state index in [1.165, 1.54) is 28.6 Å². The second kappa shape index (κ2) is 14.1. The van der Waals surface area contributed by atoms with E-state index in [1.807, 2.05) is 50.2 Å². The maximum atomic E-state index is 12.9. The van der Waals surface area contributed by atoms with E-state index in [4.69, 9.17) is 9.57 Å². The Labute approximate surface area is 229 Å². The minimum atomic E-state index is -3.62. The topological polar surface area (TPSA) is 98.2 Å². The minimum absolute atomic E-state index is 0.143. The summed E-state index contributed by atoms with van der Waals surface area (Å²) in [6, 6.07) is 17.1. The number of thioether (sulfide) groups is 1. The lowest BCUT2D eigenvalue weighted by Crippen LogP contribution is -2.32. The molecule has 0 unspecified atom stereocenters. The Kier molecular flexibility index (Phi) is 10.9. The Morgan fingerprint density at radius 1 is 1.00 bits per heavy atom. The number of hydrogen-bond donors (Lipinski definition) is 0. The number of rotatable bonds is 13. The van der Waals surface area contributed by atoms with Crippen LogP contribution in [0.2, 0.25) is 0 Å². The average Bonchev–Trinajstić information content (AvgIpc) is 2.94. The first-order chi connectivity index (χ1) is 18.3. The van der Waals surface area contributed by atoms with E-state index in [-0.39, 0.29) is 10.5 Å². The summed E-state index contributed by atoms with van der Waals surface area (Å²) in [5, 5.41) is 4.92. The number of ether oxygens (including phenoxy) is 1. The SMILES string of the molecule is CCCN(CCC)S(=O)(=O)c1ccc(C(=O)ON=C(C)c2ccc(OC)c(CSc3ccccn3)c2)cc1. The third kappa shape index (κ3) is 7.66. The van der Waals surface area contributed by atoms with Crippen LogP contribution >= 0.6 is 11.8 Å². The van der Waals surface area contributed by atoms with E-state index in [1.54, 1.807) is 32.0 Å². The molecule has 2 aromatic carbocycles. The number of aromatic nitrogens is 1. The minimum Gasteiger partial charge on any atom is -0.496 e. The van der Waals surface area contributed by atoms with Crippen molar-refractivity contribution < 1.29 is 22.8 Å². The highest BCUT2D eigenvalue weighted by molar-refractivity contribution is 7.98. The van der Waals surface area contributed by atoms with Crippen LogP contribution in [0.15, 0.2) is 81.9 Å². The van der Waals surface area contributed by atoms with Gasteiger partial charge in [-0.05, 0) is 79.9 Å². The van der Waals surface area contributed by atoms with Crippen molar-refractivity contribution >= 4 is 33.5 Å². The predicted octanol–water partition coefficient (Wildman–Crippen LogP) is 5.77. The smallest absolute Gasteiger partial charge is 0.365 e. The van der Waals surface area contributed by atoms with Crippen molar-refractivity contribution in [3.8, 4) is 5.75 Å². The zero-order valence-corrected chi connectivity index (χ0v) is 23.7. The lowest BCUT2D eigenvalue weighted by Gasteiger charge is -2.21. The van der Waals surface area contributed by atoms with Gasteiger partial charge in [0.25, 0.3) is 0 Å². The number of hydrogen-bond acceptors (Lipinski definition) is 8. The van der Waals surface area contributed by atoms with Gasteiger partial charge >= 0.3 is 5.97 Å². The molecule has 10 heteroatoms. The number of oxime groups is 1. The lowest BCUT2D eigenvalue weighted by molar-refractivity contribution is 0.0516. The normalized spacial score (nSPS) is 12.0. The highest BCUT2D eigenvalue weighted by Gasteiger charge is 2.23. The summed E-state index contributed by atoms with van der Waals surface area (Å²) in [5.74, 6) is 0.713. The van der Waals surface area contributed by atoms with Crippen LogP contribution in [0.25, 0.3) is 0 Å². The van der Waals surface area contributed by atoms with Gasteiger partial charge in [-0.1, -0.05) is 25.1 Å². The molecule has 0 aliphatic carbocycles. The van der Waals surface area contributed by atoms with Gasteiger partial charge in [0, 0.05) is 30.6 Å². The third-order valence-electron chi connectivity index (χ3n) is 5.65. The van der Waals surface area contributed by atoms with E-state index in [0.29, 0.717) is 24.6 Å². The molecule has 1 aromatic heterocycles. The van der Waals surface area contributed by atoms with Gasteiger partial charge in [-0.25, -0.2) is 18.2 Å². The van der Waals surface area contributed by atoms with Gasteiger partial charge in [-0.3, -0.25) is 0 Å². The van der Waals surface area contributed by atoms with Crippen molar-refractivity contribution in [2.24, 2.45) is 5.16 Å². The van der Waals surface area contributed by atoms with E-state index in [0.717, 1.165) is 34.7 Å². The van der Waals surface area contributed by atoms with Crippen LogP contribution in [0, 0.1) is 0 Å². The molecule has 0 radical (unpaired) electrons. The lowest BCUT2D eigenvalue weighted by atomic mass is 10.1. The van der Waals surface area contributed by atoms with E-state index < -0.39 is 16.0 Å². The monoisotopic (exact) mass is 555 g/mol. The molecule has 0 aliphatic heterocycles. The maximum absolute atomic E-state index is 12.9. The number of methoxy groups -OCH3 is 1. The van der Waals surface area contributed by atoms with Crippen molar-refractivity contribution in [1.82, 2.24) is 9.29 Å². The van der Waals surface area contributed by atoms with E-state index in [2.05, 4.69) is 10.1 Å². The van der Waals surface area contributed by atoms with Gasteiger partial charge in [0.1, 0.15) is 5.75 Å². The molecule has 0 spiro atoms. The Balaban J connectivity index is 1.70. The molecule has 0 fully saturated rings. The summed E-state index contributed by atoms with van der Waals surface area (Å²) >= 11 is 1.59. The van der Waals surface area contributed by atoms with Crippen molar-refractivity contribution in [2.75, 3.05) is 20.2 Å². The summed E-state index contributed by atoms with van der Waals surface area (Å²) in [6.45, 7) is 6.52. The quantitative estimate of drug-likeness (QED) is 0.114. The van der Waals surface area contributed by atoms with Gasteiger partial charge in [0.15, 0.2) is 0 Å². The first-order valence-corrected chi connectivity index (χ1v) is 14.8. The van der Waals surface area contributed by atoms with Crippen molar-refractivity contribution in [3.63, 3.8) is 0 Å². The zero-order chi connectivity index (χ0) is 27.5. The highest BCUT2D eigenvalue weighted by Crippen LogP contribution is 2.28. The highest BCUT2D eigenvalue weighted by atomic mass is 32.2. The van der Waals surface area contributed by atoms with Crippen molar-refractivity contribution in [3.05, 3.63) is 83.6 Å². The molecule has 202 valence electrons. The summed E-state index contributed by atoms with van der Waals surface area (Å²) in [6.07, 6.45) is 3.20. The molecule has 0 bridgehead atoms. The molecule has 0 saturated heterocycles. The number of sulfonamides is 1. The molecule has 8 nitrogen and oxygen atoms in total. The summed E-state index contributed by atoms with van der Waals surface area (Å²) in [4.78, 5) is 22.2. The van der Waals surface area contributed by atoms with Crippen LogP contribution in [0.5, 0.6) is 5.75 Å². The number of nitrogens with zero attached hydrogens (tertiary/aromatic N) is 3. The van der Waals surface area contributed by atoms with Crippen LogP contribution in [-0.4, -0.2) is 49.6 Å². The van der Waals surface area contributed by atoms with Gasteiger partial charge in [0.05, 0.1) is 28.3 Å². The van der Waals surface area contributed by atoms with Crippen LogP contribution < -0.4 is 4.74 Å². The molecule has 38 heavy (non-hydrogen) atoms. The zero-order valence-electron chi connectivity index (χ0n) is 22.1. The largest absolute Gasteiger partial charge is 0.496 e. The van der Waals surface area contributed by atoms with Crippen molar-refractivity contribution in [1.29, 1.82) is 0 Å². The van der Waals surface area contributed by atoms with E-state index in [9.17, 15) is 13.2 Å². The average molecular weight is 556 g/mol. The number of carbonyl (C=O) groups is 1. The fraction of sp³-hybridized carbons (Fsp3) is 0.321. The molecule has 0 aliphatic rings. The second-order valence-corrected chi connectivity index (χ2v) is 11.4. The number of carbonyl (C=O) groups excluding carboxylic acids is 1. The predicted molar refractivity (Wildman–Crippen MR) is 150 cm³/mol. The maximum Gasteiger partial charge on any atom is 0.365 e. The second-order valence-electron chi connectivity index (χ2n) is 8.47. The van der Waals surface area contributed by atoms with E-state index >= 15 is 0 Å². The third-order valence-corrected chi connectivity index (χ3v) is 8.56. The standard InChI is InChI=1S/C28H33N3O5S2/c1-5-17-31(18-6-2)38(33,34)25-13-10-22(11-14-25)28(32)36-30-21(3)23-12-15-26(35-4)24(19-23)20-37-27-9-7-8-16-29-27/h7-16,19H,5-6,17-18,20H2,1-4H3. The molecular formula is C28H33N3O5S2. The van der Waals surface area contributed by atoms with Gasteiger partial charge < -0.3 is 9.57 Å². The summed E-state index contributed by atoms with van der Waals surface area (Å²) in [7, 11) is -2.00. The Morgan fingerprint density at radius 2 is 1.68 bits per heavy atom. The number of benzene rings is 2. The van der Waals surface area contributed by atoms with Crippen LogP contribution in [0.1, 0.15) is 55.1 Å². The fourth-order valence-electron chi connectivity index (χ4n) is 3.68. The molecule has 3 rings (SSSR count). The first-order valence-electron chi connectivity index (χ1n) is 12.4. The molecule has 1 heterocycles. The van der Waals surface area contributed by atoms with Crippen LogP contribution in [-0.2, 0) is 20.6 Å². The van der Waals surface area contributed by atoms with Crippen molar-refractivity contribution in [2.45, 2.75) is 49.3 Å². The Hall–Kier alpha value is -3.21.